The molecular formula is C12H16N2O4. The van der Waals surface area contributed by atoms with Crippen molar-refractivity contribution in [2.75, 3.05) is 11.9 Å². The van der Waals surface area contributed by atoms with E-state index < -0.39 is 18.0 Å². The third kappa shape index (κ3) is 4.32. The first-order valence-corrected chi connectivity index (χ1v) is 5.56. The van der Waals surface area contributed by atoms with Gasteiger partial charge in [0.25, 0.3) is 0 Å². The van der Waals surface area contributed by atoms with E-state index in [0.717, 1.165) is 0 Å². The number of hydrogen-bond acceptors (Lipinski definition) is 3. The van der Waals surface area contributed by atoms with Gasteiger partial charge in [-0.3, -0.25) is 4.79 Å². The van der Waals surface area contributed by atoms with Crippen LogP contribution in [0.5, 0.6) is 5.75 Å². The Morgan fingerprint density at radius 2 is 1.94 bits per heavy atom. The van der Waals surface area contributed by atoms with E-state index >= 15 is 0 Å². The van der Waals surface area contributed by atoms with Crippen molar-refractivity contribution in [2.24, 2.45) is 0 Å². The molecule has 0 heterocycles. The van der Waals surface area contributed by atoms with Gasteiger partial charge in [-0.15, -0.1) is 0 Å². The summed E-state index contributed by atoms with van der Waals surface area (Å²) in [5, 5.41) is 13.4. The van der Waals surface area contributed by atoms with Gasteiger partial charge in [-0.2, -0.15) is 0 Å². The first-order valence-electron chi connectivity index (χ1n) is 5.56. The average molecular weight is 252 g/mol. The number of carboxylic acids is 1. The molecule has 0 radical (unpaired) electrons. The van der Waals surface area contributed by atoms with E-state index in [9.17, 15) is 9.59 Å². The lowest BCUT2D eigenvalue weighted by Crippen LogP contribution is -2.40. The van der Waals surface area contributed by atoms with Crippen LogP contribution in [0, 0.1) is 0 Å². The maximum atomic E-state index is 11.4. The summed E-state index contributed by atoms with van der Waals surface area (Å²) in [4.78, 5) is 22.0. The third-order valence-corrected chi connectivity index (χ3v) is 2.14. The van der Waals surface area contributed by atoms with Gasteiger partial charge >= 0.3 is 12.0 Å². The minimum Gasteiger partial charge on any atom is -0.494 e. The number of aliphatic carboxylic acids is 1. The number of anilines is 1. The third-order valence-electron chi connectivity index (χ3n) is 2.14. The molecule has 1 aromatic carbocycles. The van der Waals surface area contributed by atoms with Crippen LogP contribution in [0.2, 0.25) is 0 Å². The summed E-state index contributed by atoms with van der Waals surface area (Å²) in [6, 6.07) is 5.30. The molecule has 6 heteroatoms. The minimum absolute atomic E-state index is 0.561. The SMILES string of the molecule is CCOc1ccc(NC(=O)N[C@@H](C)C(=O)O)cc1. The predicted molar refractivity (Wildman–Crippen MR) is 66.9 cm³/mol. The molecule has 0 aliphatic carbocycles. The van der Waals surface area contributed by atoms with E-state index in [1.54, 1.807) is 24.3 Å². The number of ether oxygens (including phenoxy) is 1. The fourth-order valence-electron chi connectivity index (χ4n) is 1.23. The van der Waals surface area contributed by atoms with Gasteiger partial charge in [-0.05, 0) is 38.1 Å². The Hall–Kier alpha value is -2.24. The monoisotopic (exact) mass is 252 g/mol. The number of amides is 2. The second-order valence-electron chi connectivity index (χ2n) is 3.62. The van der Waals surface area contributed by atoms with E-state index in [2.05, 4.69) is 10.6 Å². The molecule has 1 rings (SSSR count). The summed E-state index contributed by atoms with van der Waals surface area (Å²) in [5.41, 5.74) is 0.563. The van der Waals surface area contributed by atoms with Gasteiger partial charge in [0.2, 0.25) is 0 Å². The molecule has 2 amide bonds. The Kier molecular flexibility index (Phi) is 4.98. The molecule has 3 N–H and O–H groups in total. The maximum Gasteiger partial charge on any atom is 0.325 e. The molecule has 0 aromatic heterocycles. The Morgan fingerprint density at radius 3 is 2.44 bits per heavy atom. The quantitative estimate of drug-likeness (QED) is 0.744. The lowest BCUT2D eigenvalue weighted by molar-refractivity contribution is -0.138. The van der Waals surface area contributed by atoms with E-state index in [1.165, 1.54) is 6.92 Å². The second kappa shape index (κ2) is 6.48. The van der Waals surface area contributed by atoms with Gasteiger partial charge in [0.1, 0.15) is 11.8 Å². The molecule has 1 atom stereocenters. The number of urea groups is 1. The van der Waals surface area contributed by atoms with Crippen LogP contribution in [0.4, 0.5) is 10.5 Å². The number of rotatable bonds is 5. The molecule has 0 aliphatic rings. The molecule has 0 aliphatic heterocycles. The van der Waals surface area contributed by atoms with E-state index in [-0.39, 0.29) is 0 Å². The number of carbonyl (C=O) groups is 2. The Bertz CT molecular complexity index is 417. The molecule has 0 unspecified atom stereocenters. The smallest absolute Gasteiger partial charge is 0.325 e. The van der Waals surface area contributed by atoms with Crippen LogP contribution in [-0.2, 0) is 4.79 Å². The molecule has 0 fully saturated rings. The zero-order chi connectivity index (χ0) is 13.5. The lowest BCUT2D eigenvalue weighted by Gasteiger charge is -2.11. The highest BCUT2D eigenvalue weighted by Gasteiger charge is 2.13. The first-order chi connectivity index (χ1) is 8.52. The number of carboxylic acid groups (broad SMARTS) is 1. The van der Waals surface area contributed by atoms with Crippen LogP contribution < -0.4 is 15.4 Å². The molecule has 18 heavy (non-hydrogen) atoms. The van der Waals surface area contributed by atoms with Crippen molar-refractivity contribution in [3.05, 3.63) is 24.3 Å². The van der Waals surface area contributed by atoms with Crippen molar-refractivity contribution in [2.45, 2.75) is 19.9 Å². The zero-order valence-corrected chi connectivity index (χ0v) is 10.3. The summed E-state index contributed by atoms with van der Waals surface area (Å²) in [7, 11) is 0. The van der Waals surface area contributed by atoms with Gasteiger partial charge < -0.3 is 20.5 Å². The summed E-state index contributed by atoms with van der Waals surface area (Å²) >= 11 is 0. The predicted octanol–water partition coefficient (Wildman–Crippen LogP) is 1.68. The molecule has 98 valence electrons. The molecule has 6 nitrogen and oxygen atoms in total. The van der Waals surface area contributed by atoms with E-state index in [4.69, 9.17) is 9.84 Å². The Balaban J connectivity index is 2.51. The Labute approximate surface area is 105 Å². The molecule has 0 saturated heterocycles. The van der Waals surface area contributed by atoms with Crippen molar-refractivity contribution in [3.8, 4) is 5.75 Å². The first kappa shape index (κ1) is 13.8. The van der Waals surface area contributed by atoms with Crippen LogP contribution >= 0.6 is 0 Å². The minimum atomic E-state index is -1.09. The van der Waals surface area contributed by atoms with Crippen LogP contribution in [0.15, 0.2) is 24.3 Å². The van der Waals surface area contributed by atoms with Crippen LogP contribution in [0.25, 0.3) is 0 Å². The van der Waals surface area contributed by atoms with Gasteiger partial charge in [-0.1, -0.05) is 0 Å². The van der Waals surface area contributed by atoms with Crippen LogP contribution in [0.1, 0.15) is 13.8 Å². The molecule has 1 aromatic rings. The molecule has 0 spiro atoms. The van der Waals surface area contributed by atoms with E-state index in [1.807, 2.05) is 6.92 Å². The molecule has 0 bridgehead atoms. The maximum absolute atomic E-state index is 11.4. The topological polar surface area (TPSA) is 87.7 Å². The fourth-order valence-corrected chi connectivity index (χ4v) is 1.23. The van der Waals surface area contributed by atoms with Gasteiger partial charge in [0, 0.05) is 5.69 Å². The Morgan fingerprint density at radius 1 is 1.33 bits per heavy atom. The van der Waals surface area contributed by atoms with Crippen LogP contribution in [0.3, 0.4) is 0 Å². The fraction of sp³-hybridized carbons (Fsp3) is 0.333. The normalized spacial score (nSPS) is 11.4. The number of carbonyl (C=O) groups excluding carboxylic acids is 1. The molecule has 0 saturated carbocycles. The van der Waals surface area contributed by atoms with Gasteiger partial charge in [0.15, 0.2) is 0 Å². The zero-order valence-electron chi connectivity index (χ0n) is 10.3. The second-order valence-corrected chi connectivity index (χ2v) is 3.62. The number of hydrogen-bond donors (Lipinski definition) is 3. The van der Waals surface area contributed by atoms with E-state index in [0.29, 0.717) is 18.0 Å². The van der Waals surface area contributed by atoms with Gasteiger partial charge in [-0.25, -0.2) is 4.79 Å². The van der Waals surface area contributed by atoms with Crippen LogP contribution in [-0.4, -0.2) is 29.8 Å². The lowest BCUT2D eigenvalue weighted by atomic mass is 10.3. The largest absolute Gasteiger partial charge is 0.494 e. The molecular weight excluding hydrogens is 236 g/mol. The average Bonchev–Trinajstić information content (AvgIpc) is 2.31. The highest BCUT2D eigenvalue weighted by Crippen LogP contribution is 2.15. The summed E-state index contributed by atoms with van der Waals surface area (Å²) in [6.07, 6.45) is 0. The van der Waals surface area contributed by atoms with Crippen molar-refractivity contribution < 1.29 is 19.4 Å². The van der Waals surface area contributed by atoms with Crippen molar-refractivity contribution >= 4 is 17.7 Å². The highest BCUT2D eigenvalue weighted by atomic mass is 16.5. The summed E-state index contributed by atoms with van der Waals surface area (Å²) in [5.74, 6) is -0.376. The number of benzene rings is 1. The summed E-state index contributed by atoms with van der Waals surface area (Å²) in [6.45, 7) is 3.84. The van der Waals surface area contributed by atoms with Crippen molar-refractivity contribution in [1.82, 2.24) is 5.32 Å². The number of nitrogens with one attached hydrogen (secondary N) is 2. The van der Waals surface area contributed by atoms with Crippen molar-refractivity contribution in [3.63, 3.8) is 0 Å². The van der Waals surface area contributed by atoms with Crippen molar-refractivity contribution in [1.29, 1.82) is 0 Å². The van der Waals surface area contributed by atoms with Gasteiger partial charge in [0.05, 0.1) is 6.61 Å². The summed E-state index contributed by atoms with van der Waals surface area (Å²) < 4.78 is 5.26. The standard InChI is InChI=1S/C12H16N2O4/c1-3-18-10-6-4-9(5-7-10)14-12(17)13-8(2)11(15)16/h4-8H,3H2,1-2H3,(H,15,16)(H2,13,14,17)/t8-/m0/s1. The highest BCUT2D eigenvalue weighted by molar-refractivity contribution is 5.92.